The second kappa shape index (κ2) is 6.66. The number of aromatic nitrogens is 4. The predicted octanol–water partition coefficient (Wildman–Crippen LogP) is 5.62. The van der Waals surface area contributed by atoms with E-state index in [4.69, 9.17) is 4.42 Å². The van der Waals surface area contributed by atoms with Crippen molar-refractivity contribution < 1.29 is 4.42 Å². The van der Waals surface area contributed by atoms with E-state index < -0.39 is 0 Å². The van der Waals surface area contributed by atoms with Crippen LogP contribution in [0.2, 0.25) is 0 Å². The molecule has 0 saturated carbocycles. The van der Waals surface area contributed by atoms with Crippen LogP contribution in [-0.2, 0) is 0 Å². The van der Waals surface area contributed by atoms with Gasteiger partial charge in [0.15, 0.2) is 5.58 Å². The molecule has 5 nitrogen and oxygen atoms in total. The molecule has 27 heavy (non-hydrogen) atoms. The molecule has 0 aliphatic carbocycles. The second-order valence-electron chi connectivity index (χ2n) is 5.96. The van der Waals surface area contributed by atoms with Crippen molar-refractivity contribution in [2.75, 3.05) is 0 Å². The number of nitrogens with zero attached hydrogens (tertiary/aromatic N) is 3. The summed E-state index contributed by atoms with van der Waals surface area (Å²) in [6.07, 6.45) is 1.74. The molecule has 0 radical (unpaired) electrons. The van der Waals surface area contributed by atoms with Crippen molar-refractivity contribution in [2.24, 2.45) is 0 Å². The standard InChI is InChI=1S/C21H14N4OS/c1-2-6-17-16(5-1)23-20(24-17)15-7-8-18-19(12-15)26-21(25-18)14-4-3-10-22-13-27-11-9-14/h1-13H,(H,23,24). The molecule has 0 fully saturated rings. The van der Waals surface area contributed by atoms with E-state index in [1.165, 1.54) is 11.3 Å². The normalized spacial score (nSPS) is 11.0. The maximum Gasteiger partial charge on any atom is 0.227 e. The molecule has 6 heteroatoms. The lowest BCUT2D eigenvalue weighted by Gasteiger charge is -1.95. The zero-order valence-corrected chi connectivity index (χ0v) is 15.0. The van der Waals surface area contributed by atoms with Crippen LogP contribution in [0.5, 0.6) is 0 Å². The van der Waals surface area contributed by atoms with E-state index in [0.717, 1.165) is 39.1 Å². The lowest BCUT2D eigenvalue weighted by atomic mass is 10.2. The molecule has 0 aliphatic rings. The van der Waals surface area contributed by atoms with E-state index in [-0.39, 0.29) is 0 Å². The Morgan fingerprint density at radius 3 is 2.78 bits per heavy atom. The summed E-state index contributed by atoms with van der Waals surface area (Å²) in [5.41, 5.74) is 7.12. The van der Waals surface area contributed by atoms with Crippen LogP contribution >= 0.6 is 11.3 Å². The van der Waals surface area contributed by atoms with Crippen molar-refractivity contribution in [3.8, 4) is 22.8 Å². The van der Waals surface area contributed by atoms with Gasteiger partial charge in [-0.05, 0) is 53.9 Å². The third-order valence-corrected chi connectivity index (χ3v) is 4.73. The molecule has 3 heterocycles. The Labute approximate surface area is 158 Å². The van der Waals surface area contributed by atoms with Crippen molar-refractivity contribution >= 4 is 33.5 Å². The summed E-state index contributed by atoms with van der Waals surface area (Å²) >= 11 is 1.50. The quantitative estimate of drug-likeness (QED) is 0.438. The minimum absolute atomic E-state index is 0.579. The van der Waals surface area contributed by atoms with Crippen LogP contribution in [0.15, 0.2) is 82.2 Å². The van der Waals surface area contributed by atoms with Gasteiger partial charge >= 0.3 is 0 Å². The Morgan fingerprint density at radius 1 is 0.852 bits per heavy atom. The molecule has 0 saturated heterocycles. The minimum atomic E-state index is 0.579. The Kier molecular flexibility index (Phi) is 3.88. The SMILES string of the molecule is c1cncsccc(-c2nc3ccc(-c4nc5ccccc5[nH]4)cc3o2)c1. The number of benzene rings is 2. The number of fused-ring (bicyclic) bond motifs is 2. The molecule has 0 amide bonds. The third kappa shape index (κ3) is 3.07. The van der Waals surface area contributed by atoms with Crippen molar-refractivity contribution in [3.63, 3.8) is 0 Å². The van der Waals surface area contributed by atoms with E-state index in [1.807, 2.05) is 66.0 Å². The highest BCUT2D eigenvalue weighted by atomic mass is 32.1. The summed E-state index contributed by atoms with van der Waals surface area (Å²) in [7, 11) is 0. The molecule has 0 unspecified atom stereocenters. The van der Waals surface area contributed by atoms with Gasteiger partial charge in [0.1, 0.15) is 11.3 Å². The number of nitrogens with one attached hydrogen (secondary N) is 1. The molecular weight excluding hydrogens is 356 g/mol. The second-order valence-corrected chi connectivity index (χ2v) is 6.72. The highest BCUT2D eigenvalue weighted by Gasteiger charge is 2.11. The summed E-state index contributed by atoms with van der Waals surface area (Å²) in [6.45, 7) is 0. The fraction of sp³-hybridized carbons (Fsp3) is 0. The molecule has 0 aliphatic heterocycles. The van der Waals surface area contributed by atoms with Gasteiger partial charge in [-0.25, -0.2) is 9.97 Å². The topological polar surface area (TPSA) is 67.6 Å². The van der Waals surface area contributed by atoms with Gasteiger partial charge in [0.05, 0.1) is 16.5 Å². The molecule has 5 aromatic rings. The average molecular weight is 370 g/mol. The van der Waals surface area contributed by atoms with Gasteiger partial charge in [-0.3, -0.25) is 4.98 Å². The summed E-state index contributed by atoms with van der Waals surface area (Å²) in [6, 6.07) is 19.7. The van der Waals surface area contributed by atoms with Crippen molar-refractivity contribution in [1.29, 1.82) is 0 Å². The summed E-state index contributed by atoms with van der Waals surface area (Å²) in [5, 5.41) is 1.96. The lowest BCUT2D eigenvalue weighted by Crippen LogP contribution is -1.79. The van der Waals surface area contributed by atoms with Crippen LogP contribution < -0.4 is 0 Å². The first-order chi connectivity index (χ1) is 13.4. The van der Waals surface area contributed by atoms with Gasteiger partial charge in [0.2, 0.25) is 5.89 Å². The van der Waals surface area contributed by atoms with Crippen LogP contribution in [0, 0.1) is 0 Å². The number of aromatic amines is 1. The molecule has 0 atom stereocenters. The largest absolute Gasteiger partial charge is 0.436 e. The molecule has 0 spiro atoms. The molecule has 1 N–H and O–H groups in total. The maximum atomic E-state index is 6.02. The molecule has 2 aromatic carbocycles. The number of imidazole rings is 1. The highest BCUT2D eigenvalue weighted by molar-refractivity contribution is 7.07. The zero-order valence-electron chi connectivity index (χ0n) is 14.2. The van der Waals surface area contributed by atoms with Gasteiger partial charge in [0.25, 0.3) is 0 Å². The van der Waals surface area contributed by atoms with Crippen LogP contribution in [0.4, 0.5) is 0 Å². The smallest absolute Gasteiger partial charge is 0.227 e. The number of hydrogen-bond acceptors (Lipinski definition) is 5. The van der Waals surface area contributed by atoms with Gasteiger partial charge in [-0.1, -0.05) is 12.1 Å². The molecule has 0 bridgehead atoms. The van der Waals surface area contributed by atoms with Gasteiger partial charge in [-0.2, -0.15) is 0 Å². The summed E-state index contributed by atoms with van der Waals surface area (Å²) in [4.78, 5) is 16.7. The van der Waals surface area contributed by atoms with Crippen molar-refractivity contribution in [1.82, 2.24) is 19.9 Å². The fourth-order valence-electron chi connectivity index (χ4n) is 2.90. The highest BCUT2D eigenvalue weighted by Crippen LogP contribution is 2.28. The first-order valence-electron chi connectivity index (χ1n) is 8.43. The first-order valence-corrected chi connectivity index (χ1v) is 9.38. The van der Waals surface area contributed by atoms with Crippen molar-refractivity contribution in [3.05, 3.63) is 77.8 Å². The third-order valence-electron chi connectivity index (χ3n) is 4.19. The van der Waals surface area contributed by atoms with Gasteiger partial charge in [-0.15, -0.1) is 11.3 Å². The monoisotopic (exact) mass is 370 g/mol. The predicted molar refractivity (Wildman–Crippen MR) is 108 cm³/mol. The Bertz CT molecular complexity index is 1240. The summed E-state index contributed by atoms with van der Waals surface area (Å²) < 4.78 is 6.02. The molecule has 5 rings (SSSR count). The van der Waals surface area contributed by atoms with Crippen LogP contribution in [0.1, 0.15) is 0 Å². The van der Waals surface area contributed by atoms with Crippen LogP contribution in [-0.4, -0.2) is 19.9 Å². The molecular formula is C21H14N4OS. The van der Waals surface area contributed by atoms with E-state index >= 15 is 0 Å². The van der Waals surface area contributed by atoms with E-state index in [9.17, 15) is 0 Å². The fourth-order valence-corrected chi connectivity index (χ4v) is 3.33. The maximum absolute atomic E-state index is 6.02. The molecule has 130 valence electrons. The Morgan fingerprint density at radius 2 is 1.81 bits per heavy atom. The average Bonchev–Trinajstić information content (AvgIpc) is 3.33. The lowest BCUT2D eigenvalue weighted by molar-refractivity contribution is 0.620. The minimum Gasteiger partial charge on any atom is -0.436 e. The molecule has 3 aromatic heterocycles. The number of hydrogen-bond donors (Lipinski definition) is 1. The van der Waals surface area contributed by atoms with Crippen molar-refractivity contribution in [2.45, 2.75) is 0 Å². The Balaban J connectivity index is 1.60. The van der Waals surface area contributed by atoms with E-state index in [1.54, 1.807) is 11.7 Å². The number of rotatable bonds is 2. The number of para-hydroxylation sites is 2. The zero-order chi connectivity index (χ0) is 18.1. The van der Waals surface area contributed by atoms with Gasteiger partial charge in [0, 0.05) is 17.3 Å². The Hall–Kier alpha value is -3.51. The number of H-pyrrole nitrogens is 1. The van der Waals surface area contributed by atoms with Gasteiger partial charge < -0.3 is 9.40 Å². The van der Waals surface area contributed by atoms with Crippen LogP contribution in [0.3, 0.4) is 0 Å². The summed E-state index contributed by atoms with van der Waals surface area (Å²) in [5.74, 6) is 1.39. The first kappa shape index (κ1) is 15.7. The van der Waals surface area contributed by atoms with E-state index in [2.05, 4.69) is 19.9 Å². The number of oxazole rings is 1. The van der Waals surface area contributed by atoms with Crippen LogP contribution in [0.25, 0.3) is 45.0 Å². The van der Waals surface area contributed by atoms with E-state index in [0.29, 0.717) is 5.89 Å².